The highest BCUT2D eigenvalue weighted by Crippen LogP contribution is 2.61. The fraction of sp³-hybridized carbons (Fsp3) is 1.00. The lowest BCUT2D eigenvalue weighted by Gasteiger charge is -2.62. The molecule has 0 heterocycles. The van der Waals surface area contributed by atoms with Crippen molar-refractivity contribution in [3.05, 3.63) is 0 Å². The molecular weight excluding hydrogens is 318 g/mol. The van der Waals surface area contributed by atoms with Crippen molar-refractivity contribution in [1.82, 2.24) is 4.90 Å². The van der Waals surface area contributed by atoms with Crippen LogP contribution in [-0.4, -0.2) is 28.9 Å². The fourth-order valence-electron chi connectivity index (χ4n) is 4.63. The van der Waals surface area contributed by atoms with Crippen molar-refractivity contribution in [3.63, 3.8) is 0 Å². The molecule has 4 atom stereocenters. The number of rotatable bonds is 1. The van der Waals surface area contributed by atoms with Gasteiger partial charge in [0.05, 0.1) is 0 Å². The Morgan fingerprint density at radius 3 is 2.00 bits per heavy atom. The topological polar surface area (TPSA) is 3.24 Å². The molecule has 4 aliphatic rings. The lowest BCUT2D eigenvalue weighted by Crippen LogP contribution is -2.62. The minimum atomic E-state index is 0. The third-order valence-electron chi connectivity index (χ3n) is 4.91. The van der Waals surface area contributed by atoms with Gasteiger partial charge in [-0.05, 0) is 64.5 Å². The predicted octanol–water partition coefficient (Wildman–Crippen LogP) is 3.61. The first kappa shape index (κ1) is 12.4. The first-order valence-corrected chi connectivity index (χ1v) is 6.67. The van der Waals surface area contributed by atoms with E-state index >= 15 is 0 Å². The van der Waals surface area contributed by atoms with Gasteiger partial charge in [-0.2, -0.15) is 0 Å². The molecule has 4 saturated carbocycles. The van der Waals surface area contributed by atoms with Crippen LogP contribution in [0.1, 0.15) is 38.5 Å². The molecule has 0 spiro atoms. The Balaban J connectivity index is 0.000000853. The van der Waals surface area contributed by atoms with Crippen molar-refractivity contribution >= 4 is 32.9 Å². The maximum Gasteiger partial charge on any atom is 0.0280 e. The van der Waals surface area contributed by atoms with Gasteiger partial charge in [-0.25, -0.2) is 0 Å². The molecule has 0 aliphatic heterocycles. The second kappa shape index (κ2) is 3.71. The maximum absolute atomic E-state index is 4.03. The van der Waals surface area contributed by atoms with E-state index in [1.54, 1.807) is 0 Å². The number of alkyl halides is 1. The molecule has 1 nitrogen and oxygen atoms in total. The van der Waals surface area contributed by atoms with Gasteiger partial charge < -0.3 is 4.90 Å². The van der Waals surface area contributed by atoms with E-state index in [1.807, 2.05) is 0 Å². The SMILES string of the molecule is Br.CN(C)C12C[C@@H]3C[C@@H](CC(Br)(C3)C1)C2. The van der Waals surface area contributed by atoms with E-state index in [9.17, 15) is 0 Å². The smallest absolute Gasteiger partial charge is 0.0280 e. The van der Waals surface area contributed by atoms with Gasteiger partial charge in [0, 0.05) is 9.86 Å². The first-order valence-electron chi connectivity index (χ1n) is 5.88. The van der Waals surface area contributed by atoms with Crippen LogP contribution in [0.25, 0.3) is 0 Å². The lowest BCUT2D eigenvalue weighted by atomic mass is 9.52. The Morgan fingerprint density at radius 2 is 1.60 bits per heavy atom. The Morgan fingerprint density at radius 1 is 1.07 bits per heavy atom. The Hall–Kier alpha value is 0.920. The molecule has 0 aromatic heterocycles. The van der Waals surface area contributed by atoms with Crippen molar-refractivity contribution in [2.75, 3.05) is 14.1 Å². The van der Waals surface area contributed by atoms with Gasteiger partial charge in [0.2, 0.25) is 0 Å². The summed E-state index contributed by atoms with van der Waals surface area (Å²) in [5.41, 5.74) is 0.549. The Kier molecular flexibility index (Phi) is 3.06. The van der Waals surface area contributed by atoms with E-state index in [2.05, 4.69) is 34.9 Å². The minimum Gasteiger partial charge on any atom is -0.304 e. The summed E-state index contributed by atoms with van der Waals surface area (Å²) in [6.07, 6.45) is 8.72. The highest BCUT2D eigenvalue weighted by Gasteiger charge is 2.57. The van der Waals surface area contributed by atoms with Crippen LogP contribution in [0.2, 0.25) is 0 Å². The van der Waals surface area contributed by atoms with Crippen LogP contribution in [0.5, 0.6) is 0 Å². The maximum atomic E-state index is 4.03. The largest absolute Gasteiger partial charge is 0.304 e. The summed E-state index contributed by atoms with van der Waals surface area (Å²) in [5, 5.41) is 0. The van der Waals surface area contributed by atoms with Gasteiger partial charge in [-0.15, -0.1) is 17.0 Å². The van der Waals surface area contributed by atoms with Gasteiger partial charge in [0.15, 0.2) is 0 Å². The monoisotopic (exact) mass is 337 g/mol. The van der Waals surface area contributed by atoms with Crippen molar-refractivity contribution in [2.45, 2.75) is 48.4 Å². The summed E-state index contributed by atoms with van der Waals surface area (Å²) >= 11 is 4.03. The third kappa shape index (κ3) is 1.83. The molecule has 4 fully saturated rings. The number of halogens is 2. The molecule has 0 aromatic carbocycles. The normalized spacial score (nSPS) is 52.0. The summed E-state index contributed by atoms with van der Waals surface area (Å²) in [6, 6.07) is 0. The molecule has 2 unspecified atom stereocenters. The summed E-state index contributed by atoms with van der Waals surface area (Å²) in [4.78, 5) is 2.51. The molecule has 0 radical (unpaired) electrons. The van der Waals surface area contributed by atoms with Crippen LogP contribution < -0.4 is 0 Å². The van der Waals surface area contributed by atoms with E-state index in [-0.39, 0.29) is 17.0 Å². The molecule has 88 valence electrons. The van der Waals surface area contributed by atoms with Gasteiger partial charge in [0.25, 0.3) is 0 Å². The highest BCUT2D eigenvalue weighted by molar-refractivity contribution is 9.10. The summed E-state index contributed by atoms with van der Waals surface area (Å²) in [5.74, 6) is 2.02. The van der Waals surface area contributed by atoms with Crippen LogP contribution in [0.15, 0.2) is 0 Å². The zero-order chi connectivity index (χ0) is 9.97. The standard InChI is InChI=1S/C12H20BrN.BrH/c1-14(2)12-6-9-3-10(7-12)5-11(13,4-9)8-12;/h9-10H,3-8H2,1-2H3;1H/t9-,10+,11?,12?;. The van der Waals surface area contributed by atoms with Crippen LogP contribution in [0, 0.1) is 11.8 Å². The zero-order valence-electron chi connectivity index (χ0n) is 9.63. The zero-order valence-corrected chi connectivity index (χ0v) is 12.9. The predicted molar refractivity (Wildman–Crippen MR) is 73.1 cm³/mol. The summed E-state index contributed by atoms with van der Waals surface area (Å²) in [6.45, 7) is 0. The van der Waals surface area contributed by atoms with E-state index in [4.69, 9.17) is 0 Å². The van der Waals surface area contributed by atoms with Crippen LogP contribution in [-0.2, 0) is 0 Å². The van der Waals surface area contributed by atoms with Crippen LogP contribution in [0.4, 0.5) is 0 Å². The average Bonchev–Trinajstić information content (AvgIpc) is 1.98. The van der Waals surface area contributed by atoms with E-state index in [0.717, 1.165) is 11.8 Å². The summed E-state index contributed by atoms with van der Waals surface area (Å²) < 4.78 is 0.515. The van der Waals surface area contributed by atoms with Crippen LogP contribution in [0.3, 0.4) is 0 Å². The fourth-order valence-corrected chi connectivity index (χ4v) is 6.06. The van der Waals surface area contributed by atoms with Crippen molar-refractivity contribution in [2.24, 2.45) is 11.8 Å². The van der Waals surface area contributed by atoms with E-state index in [1.165, 1.54) is 38.5 Å². The average molecular weight is 339 g/mol. The third-order valence-corrected chi connectivity index (χ3v) is 5.84. The quantitative estimate of drug-likeness (QED) is 0.660. The Labute approximate surface area is 112 Å². The molecular formula is C12H21Br2N. The molecule has 15 heavy (non-hydrogen) atoms. The van der Waals surface area contributed by atoms with E-state index < -0.39 is 0 Å². The molecule has 3 heteroatoms. The molecule has 4 aliphatic carbocycles. The van der Waals surface area contributed by atoms with Crippen molar-refractivity contribution in [1.29, 1.82) is 0 Å². The lowest BCUT2D eigenvalue weighted by molar-refractivity contribution is -0.0549. The van der Waals surface area contributed by atoms with E-state index in [0.29, 0.717) is 9.86 Å². The van der Waals surface area contributed by atoms with Gasteiger partial charge in [-0.3, -0.25) is 0 Å². The van der Waals surface area contributed by atoms with Gasteiger partial charge in [0.1, 0.15) is 0 Å². The molecule has 0 amide bonds. The molecule has 0 saturated heterocycles. The van der Waals surface area contributed by atoms with Gasteiger partial charge >= 0.3 is 0 Å². The number of hydrogen-bond acceptors (Lipinski definition) is 1. The molecule has 4 bridgehead atoms. The van der Waals surface area contributed by atoms with Crippen molar-refractivity contribution in [3.8, 4) is 0 Å². The highest BCUT2D eigenvalue weighted by atomic mass is 79.9. The molecule has 0 aromatic rings. The number of nitrogens with zero attached hydrogens (tertiary/aromatic N) is 1. The second-order valence-corrected chi connectivity index (χ2v) is 7.91. The molecule has 0 N–H and O–H groups in total. The number of hydrogen-bond donors (Lipinski definition) is 0. The van der Waals surface area contributed by atoms with Crippen molar-refractivity contribution < 1.29 is 0 Å². The molecule has 4 rings (SSSR count). The van der Waals surface area contributed by atoms with Gasteiger partial charge in [-0.1, -0.05) is 15.9 Å². The minimum absolute atomic E-state index is 0. The Bertz CT molecular complexity index is 250. The van der Waals surface area contributed by atoms with Crippen LogP contribution >= 0.6 is 32.9 Å². The summed E-state index contributed by atoms with van der Waals surface area (Å²) in [7, 11) is 4.56. The first-order chi connectivity index (χ1) is 6.51. The second-order valence-electron chi connectivity index (χ2n) is 6.23.